The second kappa shape index (κ2) is 3.92. The first-order chi connectivity index (χ1) is 5.70. The van der Waals surface area contributed by atoms with Crippen LogP contribution < -0.4 is 11.1 Å². The van der Waals surface area contributed by atoms with Crippen LogP contribution in [0.15, 0.2) is 24.1 Å². The van der Waals surface area contributed by atoms with Gasteiger partial charge < -0.3 is 11.1 Å². The molecule has 0 spiro atoms. The minimum atomic E-state index is 0.447. The van der Waals surface area contributed by atoms with E-state index in [0.717, 1.165) is 0 Å². The van der Waals surface area contributed by atoms with E-state index in [4.69, 9.17) is 17.3 Å². The minimum absolute atomic E-state index is 0.447. The molecule has 0 unspecified atom stereocenters. The van der Waals surface area contributed by atoms with E-state index in [1.165, 1.54) is 12.5 Å². The summed E-state index contributed by atoms with van der Waals surface area (Å²) in [6, 6.07) is 0. The summed E-state index contributed by atoms with van der Waals surface area (Å²) in [6.45, 7) is 3.97. The lowest BCUT2D eigenvalue weighted by Gasteiger charge is -2.04. The number of nitrogen functional groups attached to an aromatic ring is 1. The number of nitrogens with one attached hydrogen (secondary N) is 1. The molecule has 0 fully saturated rings. The molecule has 1 aromatic rings. The summed E-state index contributed by atoms with van der Waals surface area (Å²) >= 11 is 5.54. The molecule has 12 heavy (non-hydrogen) atoms. The smallest absolute Gasteiger partial charge is 0.152 e. The first kappa shape index (κ1) is 8.80. The number of rotatable bonds is 3. The molecule has 0 aliphatic rings. The van der Waals surface area contributed by atoms with Crippen molar-refractivity contribution in [1.82, 2.24) is 9.97 Å². The highest BCUT2D eigenvalue weighted by molar-refractivity contribution is 6.29. The molecular formula is C7H9ClN4. The fourth-order valence-corrected chi connectivity index (χ4v) is 0.735. The molecule has 0 amide bonds. The van der Waals surface area contributed by atoms with Crippen LogP contribution in [0.25, 0.3) is 0 Å². The van der Waals surface area contributed by atoms with Crippen LogP contribution >= 0.6 is 11.6 Å². The molecule has 0 aliphatic heterocycles. The van der Waals surface area contributed by atoms with Crippen molar-refractivity contribution in [3.8, 4) is 0 Å². The van der Waals surface area contributed by atoms with Crippen molar-refractivity contribution >= 4 is 23.1 Å². The van der Waals surface area contributed by atoms with Crippen LogP contribution in [0.4, 0.5) is 11.5 Å². The summed E-state index contributed by atoms with van der Waals surface area (Å²) in [4.78, 5) is 7.64. The maximum atomic E-state index is 5.55. The third-order valence-electron chi connectivity index (χ3n) is 1.19. The average molecular weight is 185 g/mol. The highest BCUT2D eigenvalue weighted by atomic mass is 35.5. The van der Waals surface area contributed by atoms with E-state index in [9.17, 15) is 0 Å². The third kappa shape index (κ3) is 2.39. The van der Waals surface area contributed by atoms with Gasteiger partial charge in [-0.25, -0.2) is 9.97 Å². The number of nitrogens with two attached hydrogens (primary N) is 1. The zero-order valence-electron chi connectivity index (χ0n) is 6.42. The maximum Gasteiger partial charge on any atom is 0.152 e. The van der Waals surface area contributed by atoms with Gasteiger partial charge in [0.25, 0.3) is 0 Å². The predicted octanol–water partition coefficient (Wildman–Crippen LogP) is 1.22. The van der Waals surface area contributed by atoms with Gasteiger partial charge in [0.05, 0.1) is 18.4 Å². The molecule has 0 radical (unpaired) electrons. The molecule has 0 saturated carbocycles. The summed E-state index contributed by atoms with van der Waals surface area (Å²) in [5, 5.41) is 3.41. The molecule has 1 heterocycles. The SMILES string of the molecule is C=C(Cl)CNc1ncncc1N. The van der Waals surface area contributed by atoms with Crippen LogP contribution in [0, 0.1) is 0 Å². The fourth-order valence-electron chi connectivity index (χ4n) is 0.668. The molecule has 1 rings (SSSR count). The van der Waals surface area contributed by atoms with Crippen LogP contribution in [0.1, 0.15) is 0 Å². The monoisotopic (exact) mass is 184 g/mol. The maximum absolute atomic E-state index is 5.55. The van der Waals surface area contributed by atoms with Crippen LogP contribution in [-0.4, -0.2) is 16.5 Å². The number of hydrogen-bond acceptors (Lipinski definition) is 4. The largest absolute Gasteiger partial charge is 0.394 e. The van der Waals surface area contributed by atoms with E-state index in [1.54, 1.807) is 0 Å². The van der Waals surface area contributed by atoms with Crippen molar-refractivity contribution in [2.75, 3.05) is 17.6 Å². The second-order valence-corrected chi connectivity index (χ2v) is 2.73. The Balaban J connectivity index is 2.63. The van der Waals surface area contributed by atoms with Gasteiger partial charge in [-0.2, -0.15) is 0 Å². The van der Waals surface area contributed by atoms with Gasteiger partial charge in [0.2, 0.25) is 0 Å². The lowest BCUT2D eigenvalue weighted by molar-refractivity contribution is 1.14. The predicted molar refractivity (Wildman–Crippen MR) is 49.9 cm³/mol. The molecule has 64 valence electrons. The van der Waals surface area contributed by atoms with E-state index >= 15 is 0 Å². The van der Waals surface area contributed by atoms with E-state index in [2.05, 4.69) is 21.9 Å². The molecule has 0 bridgehead atoms. The van der Waals surface area contributed by atoms with E-state index in [-0.39, 0.29) is 0 Å². The van der Waals surface area contributed by atoms with Crippen LogP contribution in [0.3, 0.4) is 0 Å². The first-order valence-electron chi connectivity index (χ1n) is 3.33. The summed E-state index contributed by atoms with van der Waals surface area (Å²) in [7, 11) is 0. The highest BCUT2D eigenvalue weighted by Crippen LogP contribution is 2.11. The standard InChI is InChI=1S/C7H9ClN4/c1-5(8)2-11-7-6(9)3-10-4-12-7/h3-4H,1-2,9H2,(H,10,11,12). The Morgan fingerprint density at radius 3 is 3.08 bits per heavy atom. The molecule has 5 heteroatoms. The second-order valence-electron chi connectivity index (χ2n) is 2.20. The Labute approximate surface area is 75.5 Å². The Bertz CT molecular complexity index is 286. The molecule has 4 nitrogen and oxygen atoms in total. The highest BCUT2D eigenvalue weighted by Gasteiger charge is 1.97. The summed E-state index contributed by atoms with van der Waals surface area (Å²) in [6.07, 6.45) is 2.93. The van der Waals surface area contributed by atoms with E-state index < -0.39 is 0 Å². The Kier molecular flexibility index (Phi) is 2.88. The lowest BCUT2D eigenvalue weighted by atomic mass is 10.5. The van der Waals surface area contributed by atoms with Gasteiger partial charge in [0, 0.05) is 5.03 Å². The van der Waals surface area contributed by atoms with Gasteiger partial charge >= 0.3 is 0 Å². The van der Waals surface area contributed by atoms with Gasteiger partial charge in [-0.15, -0.1) is 0 Å². The van der Waals surface area contributed by atoms with Gasteiger partial charge in [-0.3, -0.25) is 0 Å². The van der Waals surface area contributed by atoms with Gasteiger partial charge in [0.1, 0.15) is 6.33 Å². The number of nitrogens with zero attached hydrogens (tertiary/aromatic N) is 2. The molecule has 0 aliphatic carbocycles. The van der Waals surface area contributed by atoms with E-state index in [1.807, 2.05) is 0 Å². The van der Waals surface area contributed by atoms with Crippen molar-refractivity contribution in [3.05, 3.63) is 24.1 Å². The molecule has 0 saturated heterocycles. The van der Waals surface area contributed by atoms with Crippen LogP contribution in [0.2, 0.25) is 0 Å². The van der Waals surface area contributed by atoms with E-state index in [0.29, 0.717) is 23.1 Å². The van der Waals surface area contributed by atoms with Gasteiger partial charge in [-0.1, -0.05) is 18.2 Å². The van der Waals surface area contributed by atoms with Crippen LogP contribution in [-0.2, 0) is 0 Å². The van der Waals surface area contributed by atoms with Crippen molar-refractivity contribution in [2.45, 2.75) is 0 Å². The first-order valence-corrected chi connectivity index (χ1v) is 3.70. The Morgan fingerprint density at radius 2 is 2.50 bits per heavy atom. The average Bonchev–Trinajstić information content (AvgIpc) is 2.03. The number of aromatic nitrogens is 2. The normalized spacial score (nSPS) is 9.42. The van der Waals surface area contributed by atoms with Gasteiger partial charge in [0.15, 0.2) is 5.82 Å². The summed E-state index contributed by atoms with van der Waals surface area (Å²) in [5.74, 6) is 0.576. The summed E-state index contributed by atoms with van der Waals surface area (Å²) in [5.41, 5.74) is 6.04. The van der Waals surface area contributed by atoms with Crippen molar-refractivity contribution in [2.24, 2.45) is 0 Å². The molecule has 3 N–H and O–H groups in total. The van der Waals surface area contributed by atoms with Crippen LogP contribution in [0.5, 0.6) is 0 Å². The quantitative estimate of drug-likeness (QED) is 0.742. The fraction of sp³-hybridized carbons (Fsp3) is 0.143. The van der Waals surface area contributed by atoms with Crippen molar-refractivity contribution < 1.29 is 0 Å². The van der Waals surface area contributed by atoms with Gasteiger partial charge in [-0.05, 0) is 0 Å². The number of anilines is 2. The topological polar surface area (TPSA) is 63.8 Å². The zero-order valence-corrected chi connectivity index (χ0v) is 7.17. The molecule has 0 aromatic carbocycles. The Hall–Kier alpha value is -1.29. The minimum Gasteiger partial charge on any atom is -0.394 e. The number of hydrogen-bond donors (Lipinski definition) is 2. The zero-order chi connectivity index (χ0) is 8.97. The molecular weight excluding hydrogens is 176 g/mol. The van der Waals surface area contributed by atoms with Crippen molar-refractivity contribution in [3.63, 3.8) is 0 Å². The lowest BCUT2D eigenvalue weighted by Crippen LogP contribution is -2.05. The summed E-state index contributed by atoms with van der Waals surface area (Å²) < 4.78 is 0. The Morgan fingerprint density at radius 1 is 1.75 bits per heavy atom. The molecule has 1 aromatic heterocycles. The van der Waals surface area contributed by atoms with Crippen molar-refractivity contribution in [1.29, 1.82) is 0 Å². The number of halogens is 1. The molecule has 0 atom stereocenters. The third-order valence-corrected chi connectivity index (χ3v) is 1.32.